The van der Waals surface area contributed by atoms with Crippen LogP contribution in [0.15, 0.2) is 59.1 Å². The molecule has 0 aliphatic carbocycles. The van der Waals surface area contributed by atoms with Crippen molar-refractivity contribution in [2.24, 2.45) is 0 Å². The number of nitrogens with zero attached hydrogens (tertiary/aromatic N) is 1. The molecular formula is C16H14BrNO2. The minimum atomic E-state index is -0.507. The van der Waals surface area contributed by atoms with Gasteiger partial charge in [-0.15, -0.1) is 0 Å². The van der Waals surface area contributed by atoms with E-state index in [2.05, 4.69) is 15.9 Å². The summed E-state index contributed by atoms with van der Waals surface area (Å²) < 4.78 is 0.865. The lowest BCUT2D eigenvalue weighted by atomic mass is 10.2. The van der Waals surface area contributed by atoms with E-state index >= 15 is 0 Å². The van der Waals surface area contributed by atoms with Gasteiger partial charge in [0.05, 0.1) is 6.54 Å². The highest BCUT2D eigenvalue weighted by Gasteiger charge is 2.20. The Bertz CT molecular complexity index is 625. The van der Waals surface area contributed by atoms with E-state index in [4.69, 9.17) is 0 Å². The molecule has 0 aliphatic heterocycles. The zero-order valence-corrected chi connectivity index (χ0v) is 12.6. The topological polar surface area (TPSA) is 37.4 Å². The normalized spacial score (nSPS) is 10.1. The number of amides is 1. The van der Waals surface area contributed by atoms with E-state index in [1.165, 1.54) is 11.8 Å². The smallest absolute Gasteiger partial charge is 0.294 e. The number of halogens is 1. The monoisotopic (exact) mass is 331 g/mol. The van der Waals surface area contributed by atoms with Crippen LogP contribution in [0.5, 0.6) is 0 Å². The molecule has 3 nitrogen and oxygen atoms in total. The van der Waals surface area contributed by atoms with E-state index in [1.54, 1.807) is 0 Å². The molecule has 0 radical (unpaired) electrons. The molecule has 0 saturated heterocycles. The van der Waals surface area contributed by atoms with Gasteiger partial charge in [0.1, 0.15) is 0 Å². The first-order valence-corrected chi connectivity index (χ1v) is 6.99. The lowest BCUT2D eigenvalue weighted by molar-refractivity contribution is -0.135. The number of hydrogen-bond donors (Lipinski definition) is 0. The Balaban J connectivity index is 2.35. The molecule has 0 spiro atoms. The van der Waals surface area contributed by atoms with Gasteiger partial charge in [-0.2, -0.15) is 0 Å². The quantitative estimate of drug-likeness (QED) is 0.803. The molecule has 4 heteroatoms. The van der Waals surface area contributed by atoms with Gasteiger partial charge in [0.15, 0.2) is 0 Å². The molecule has 0 aromatic heterocycles. The lowest BCUT2D eigenvalue weighted by Crippen LogP contribution is -2.34. The summed E-state index contributed by atoms with van der Waals surface area (Å²) in [4.78, 5) is 25.0. The Labute approximate surface area is 126 Å². The summed E-state index contributed by atoms with van der Waals surface area (Å²) in [6.07, 6.45) is 0. The second-order valence-corrected chi connectivity index (χ2v) is 5.33. The van der Waals surface area contributed by atoms with Gasteiger partial charge in [-0.05, 0) is 23.8 Å². The maximum atomic E-state index is 12.1. The van der Waals surface area contributed by atoms with Gasteiger partial charge >= 0.3 is 0 Å². The Morgan fingerprint density at radius 3 is 2.35 bits per heavy atom. The van der Waals surface area contributed by atoms with Gasteiger partial charge in [-0.3, -0.25) is 9.59 Å². The maximum Gasteiger partial charge on any atom is 0.294 e. The lowest BCUT2D eigenvalue weighted by Gasteiger charge is -2.22. The third-order valence-corrected chi connectivity index (χ3v) is 3.34. The van der Waals surface area contributed by atoms with Crippen molar-refractivity contribution in [2.45, 2.75) is 13.5 Å². The fourth-order valence-electron chi connectivity index (χ4n) is 1.88. The fourth-order valence-corrected chi connectivity index (χ4v) is 2.27. The van der Waals surface area contributed by atoms with Crippen molar-refractivity contribution in [3.05, 3.63) is 64.6 Å². The summed E-state index contributed by atoms with van der Waals surface area (Å²) in [6, 6.07) is 16.9. The molecule has 0 atom stereocenters. The largest absolute Gasteiger partial charge is 0.301 e. The number of rotatable bonds is 4. The van der Waals surface area contributed by atoms with Crippen molar-refractivity contribution in [1.82, 2.24) is 0 Å². The van der Waals surface area contributed by atoms with Crippen LogP contribution >= 0.6 is 15.9 Å². The number of benzene rings is 2. The Morgan fingerprint density at radius 2 is 1.75 bits per heavy atom. The average Bonchev–Trinajstić information content (AvgIpc) is 2.45. The SMILES string of the molecule is CC(=O)C(=O)N(Cc1ccccc1)c1cccc(Br)c1. The van der Waals surface area contributed by atoms with Gasteiger partial charge in [0, 0.05) is 17.1 Å². The van der Waals surface area contributed by atoms with Crippen molar-refractivity contribution in [3.63, 3.8) is 0 Å². The summed E-state index contributed by atoms with van der Waals surface area (Å²) >= 11 is 3.38. The molecule has 20 heavy (non-hydrogen) atoms. The molecule has 2 aromatic carbocycles. The molecule has 1 amide bonds. The minimum absolute atomic E-state index is 0.371. The Hall–Kier alpha value is -1.94. The Kier molecular flexibility index (Phi) is 4.69. The summed E-state index contributed by atoms with van der Waals surface area (Å²) in [6.45, 7) is 1.66. The molecule has 0 saturated carbocycles. The molecule has 0 bridgehead atoms. The second-order valence-electron chi connectivity index (χ2n) is 4.41. The second kappa shape index (κ2) is 6.48. The van der Waals surface area contributed by atoms with Crippen LogP contribution in [0.4, 0.5) is 5.69 Å². The molecule has 0 N–H and O–H groups in total. The molecular weight excluding hydrogens is 318 g/mol. The zero-order valence-electron chi connectivity index (χ0n) is 11.0. The van der Waals surface area contributed by atoms with Crippen LogP contribution in [0.3, 0.4) is 0 Å². The van der Waals surface area contributed by atoms with Crippen molar-refractivity contribution in [1.29, 1.82) is 0 Å². The number of ketones is 1. The third kappa shape index (κ3) is 3.54. The molecule has 0 unspecified atom stereocenters. The van der Waals surface area contributed by atoms with Gasteiger partial charge in [-0.25, -0.2) is 0 Å². The van der Waals surface area contributed by atoms with E-state index in [-0.39, 0.29) is 0 Å². The maximum absolute atomic E-state index is 12.1. The van der Waals surface area contributed by atoms with Crippen LogP contribution in [-0.2, 0) is 16.1 Å². The van der Waals surface area contributed by atoms with E-state index < -0.39 is 11.7 Å². The molecule has 2 aromatic rings. The molecule has 0 heterocycles. The third-order valence-electron chi connectivity index (χ3n) is 2.85. The first kappa shape index (κ1) is 14.5. The van der Waals surface area contributed by atoms with E-state index in [0.717, 1.165) is 10.0 Å². The molecule has 2 rings (SSSR count). The van der Waals surface area contributed by atoms with Crippen molar-refractivity contribution >= 4 is 33.3 Å². The summed E-state index contributed by atoms with van der Waals surface area (Å²) in [7, 11) is 0. The van der Waals surface area contributed by atoms with Crippen molar-refractivity contribution < 1.29 is 9.59 Å². The van der Waals surface area contributed by atoms with Gasteiger partial charge < -0.3 is 4.90 Å². The number of carbonyl (C=O) groups is 2. The number of hydrogen-bond acceptors (Lipinski definition) is 2. The first-order chi connectivity index (χ1) is 9.58. The number of anilines is 1. The van der Waals surface area contributed by atoms with Crippen LogP contribution in [0.25, 0.3) is 0 Å². The van der Waals surface area contributed by atoms with E-state index in [9.17, 15) is 9.59 Å². The van der Waals surface area contributed by atoms with Gasteiger partial charge in [-0.1, -0.05) is 52.3 Å². The molecule has 0 fully saturated rings. The highest BCUT2D eigenvalue weighted by atomic mass is 79.9. The molecule has 102 valence electrons. The highest BCUT2D eigenvalue weighted by molar-refractivity contribution is 9.10. The average molecular weight is 332 g/mol. The van der Waals surface area contributed by atoms with Crippen molar-refractivity contribution in [2.75, 3.05) is 4.90 Å². The van der Waals surface area contributed by atoms with Gasteiger partial charge in [0.2, 0.25) is 5.78 Å². The van der Waals surface area contributed by atoms with E-state index in [0.29, 0.717) is 12.2 Å². The zero-order chi connectivity index (χ0) is 14.5. The fraction of sp³-hybridized carbons (Fsp3) is 0.125. The summed E-state index contributed by atoms with van der Waals surface area (Å²) in [5, 5.41) is 0. The van der Waals surface area contributed by atoms with Crippen LogP contribution in [0, 0.1) is 0 Å². The van der Waals surface area contributed by atoms with Crippen molar-refractivity contribution in [3.8, 4) is 0 Å². The summed E-state index contributed by atoms with van der Waals surface area (Å²) in [5.74, 6) is -0.979. The van der Waals surface area contributed by atoms with E-state index in [1.807, 2.05) is 54.6 Å². The predicted molar refractivity (Wildman–Crippen MR) is 82.5 cm³/mol. The number of carbonyl (C=O) groups excluding carboxylic acids is 2. The Morgan fingerprint density at radius 1 is 1.05 bits per heavy atom. The first-order valence-electron chi connectivity index (χ1n) is 6.20. The standard InChI is InChI=1S/C16H14BrNO2/c1-12(19)16(20)18(11-13-6-3-2-4-7-13)15-9-5-8-14(17)10-15/h2-10H,11H2,1H3. The predicted octanol–water partition coefficient (Wildman–Crippen LogP) is 3.57. The van der Waals surface area contributed by atoms with Gasteiger partial charge in [0.25, 0.3) is 5.91 Å². The summed E-state index contributed by atoms with van der Waals surface area (Å²) in [5.41, 5.74) is 1.67. The minimum Gasteiger partial charge on any atom is -0.301 e. The van der Waals surface area contributed by atoms with Crippen LogP contribution < -0.4 is 4.90 Å². The van der Waals surface area contributed by atoms with Crippen LogP contribution in [-0.4, -0.2) is 11.7 Å². The van der Waals surface area contributed by atoms with Crippen LogP contribution in [0.1, 0.15) is 12.5 Å². The highest BCUT2D eigenvalue weighted by Crippen LogP contribution is 2.22. The molecule has 0 aliphatic rings. The number of Topliss-reactive ketones (excluding diaryl/α,β-unsaturated/α-hetero) is 1. The van der Waals surface area contributed by atoms with Crippen LogP contribution in [0.2, 0.25) is 0 Å².